The van der Waals surface area contributed by atoms with Crippen LogP contribution >= 0.6 is 0 Å². The monoisotopic (exact) mass is 394 g/mol. The van der Waals surface area contributed by atoms with Crippen molar-refractivity contribution < 1.29 is 9.53 Å². The molecule has 0 aliphatic carbocycles. The number of carbonyl (C=O) groups is 1. The number of benzene rings is 4. The molecule has 5 rings (SSSR count). The van der Waals surface area contributed by atoms with Gasteiger partial charge in [0.25, 0.3) is 0 Å². The maximum Gasteiger partial charge on any atom is 0.339 e. The van der Waals surface area contributed by atoms with E-state index in [-0.39, 0.29) is 18.5 Å². The maximum atomic E-state index is 13.0. The van der Waals surface area contributed by atoms with Gasteiger partial charge >= 0.3 is 5.97 Å². The minimum atomic E-state index is -0.376. The van der Waals surface area contributed by atoms with Crippen LogP contribution in [0.25, 0.3) is 32.4 Å². The van der Waals surface area contributed by atoms with Gasteiger partial charge in [0.2, 0.25) is 5.95 Å². The van der Waals surface area contributed by atoms with E-state index in [0.29, 0.717) is 22.3 Å². The molecule has 1 heterocycles. The molecule has 0 unspecified atom stereocenters. The molecule has 6 heteroatoms. The molecule has 4 N–H and O–H groups in total. The third kappa shape index (κ3) is 3.04. The second-order valence-corrected chi connectivity index (χ2v) is 7.09. The third-order valence-electron chi connectivity index (χ3n) is 5.16. The molecule has 0 radical (unpaired) electrons. The Kier molecular flexibility index (Phi) is 4.17. The van der Waals surface area contributed by atoms with Crippen molar-refractivity contribution in [2.45, 2.75) is 6.61 Å². The van der Waals surface area contributed by atoms with Crippen molar-refractivity contribution in [3.63, 3.8) is 0 Å². The Hall–Kier alpha value is -4.19. The zero-order chi connectivity index (χ0) is 20.7. The molecule has 0 aliphatic rings. The van der Waals surface area contributed by atoms with Crippen LogP contribution < -0.4 is 11.5 Å². The molecule has 0 atom stereocenters. The Labute approximate surface area is 172 Å². The van der Waals surface area contributed by atoms with Gasteiger partial charge in [0.15, 0.2) is 0 Å². The average Bonchev–Trinajstić information content (AvgIpc) is 2.77. The van der Waals surface area contributed by atoms with E-state index in [0.717, 1.165) is 27.1 Å². The summed E-state index contributed by atoms with van der Waals surface area (Å²) in [6.45, 7) is 0.111. The minimum absolute atomic E-state index is 0.111. The first kappa shape index (κ1) is 17.9. The number of nitrogen functional groups attached to an aromatic ring is 2. The number of hydrogen-bond acceptors (Lipinski definition) is 6. The highest BCUT2D eigenvalue weighted by molar-refractivity contribution is 6.16. The van der Waals surface area contributed by atoms with Crippen molar-refractivity contribution in [2.75, 3.05) is 11.5 Å². The van der Waals surface area contributed by atoms with Gasteiger partial charge in [-0.2, -0.15) is 4.98 Å². The molecule has 4 aromatic carbocycles. The largest absolute Gasteiger partial charge is 0.457 e. The predicted molar refractivity (Wildman–Crippen MR) is 119 cm³/mol. The van der Waals surface area contributed by atoms with Crippen LogP contribution in [-0.4, -0.2) is 15.9 Å². The Bertz CT molecular complexity index is 1450. The Morgan fingerprint density at radius 2 is 1.53 bits per heavy atom. The zero-order valence-electron chi connectivity index (χ0n) is 16.0. The quantitative estimate of drug-likeness (QED) is 0.346. The van der Waals surface area contributed by atoms with Gasteiger partial charge < -0.3 is 16.2 Å². The lowest BCUT2D eigenvalue weighted by Crippen LogP contribution is -2.07. The predicted octanol–water partition coefficient (Wildman–Crippen LogP) is 4.46. The van der Waals surface area contributed by atoms with Crippen molar-refractivity contribution in [1.29, 1.82) is 0 Å². The summed E-state index contributed by atoms with van der Waals surface area (Å²) in [5, 5.41) is 4.67. The van der Waals surface area contributed by atoms with Crippen LogP contribution in [0.5, 0.6) is 0 Å². The molecule has 0 amide bonds. The maximum absolute atomic E-state index is 13.0. The summed E-state index contributed by atoms with van der Waals surface area (Å²) >= 11 is 0. The number of rotatable bonds is 3. The van der Waals surface area contributed by atoms with E-state index in [4.69, 9.17) is 16.2 Å². The molecular formula is C24H18N4O2. The number of esters is 1. The van der Waals surface area contributed by atoms with Crippen LogP contribution in [0.3, 0.4) is 0 Å². The van der Waals surface area contributed by atoms with E-state index in [1.807, 2.05) is 60.7 Å². The van der Waals surface area contributed by atoms with Crippen LogP contribution in [0, 0.1) is 0 Å². The lowest BCUT2D eigenvalue weighted by atomic mass is 9.97. The lowest BCUT2D eigenvalue weighted by Gasteiger charge is -2.11. The summed E-state index contributed by atoms with van der Waals surface area (Å²) in [6.07, 6.45) is 0. The average molecular weight is 394 g/mol. The Morgan fingerprint density at radius 1 is 0.800 bits per heavy atom. The summed E-state index contributed by atoms with van der Waals surface area (Å²) in [7, 11) is 0. The normalized spacial score (nSPS) is 11.2. The standard InChI is InChI=1S/C24H18N4O2/c25-22-20-11-14(9-10-21(20)27-24(26)28-22)13-30-23(29)19-12-15-5-1-2-6-16(15)17-7-3-4-8-18(17)19/h1-12H,13H2,(H4,25,26,27,28). The lowest BCUT2D eigenvalue weighted by molar-refractivity contribution is 0.0475. The van der Waals surface area contributed by atoms with Crippen LogP contribution in [0.4, 0.5) is 11.8 Å². The van der Waals surface area contributed by atoms with Crippen LogP contribution in [0.2, 0.25) is 0 Å². The molecule has 1 aromatic heterocycles. The Balaban J connectivity index is 1.48. The SMILES string of the molecule is Nc1nc(N)c2cc(COC(=O)c3cc4ccccc4c4ccccc34)ccc2n1. The summed E-state index contributed by atoms with van der Waals surface area (Å²) in [5.74, 6) is 0.0483. The van der Waals surface area contributed by atoms with Gasteiger partial charge in [0.05, 0.1) is 11.1 Å². The molecular weight excluding hydrogens is 376 g/mol. The van der Waals surface area contributed by atoms with E-state index in [9.17, 15) is 4.79 Å². The van der Waals surface area contributed by atoms with Crippen LogP contribution in [-0.2, 0) is 11.3 Å². The van der Waals surface area contributed by atoms with E-state index in [1.54, 1.807) is 6.07 Å². The number of hydrogen-bond donors (Lipinski definition) is 2. The number of aromatic nitrogens is 2. The van der Waals surface area contributed by atoms with Crippen LogP contribution in [0.15, 0.2) is 72.8 Å². The number of fused-ring (bicyclic) bond motifs is 4. The smallest absolute Gasteiger partial charge is 0.339 e. The number of nitrogens with two attached hydrogens (primary N) is 2. The second-order valence-electron chi connectivity index (χ2n) is 7.09. The molecule has 5 aromatic rings. The Morgan fingerprint density at radius 3 is 2.37 bits per heavy atom. The highest BCUT2D eigenvalue weighted by Crippen LogP contribution is 2.29. The number of anilines is 2. The fourth-order valence-corrected chi connectivity index (χ4v) is 3.76. The number of ether oxygens (including phenoxy) is 1. The third-order valence-corrected chi connectivity index (χ3v) is 5.16. The first-order valence-electron chi connectivity index (χ1n) is 9.49. The van der Waals surface area contributed by atoms with Gasteiger partial charge in [-0.1, -0.05) is 54.6 Å². The minimum Gasteiger partial charge on any atom is -0.457 e. The van der Waals surface area contributed by atoms with Gasteiger partial charge in [0.1, 0.15) is 12.4 Å². The van der Waals surface area contributed by atoms with E-state index in [2.05, 4.69) is 16.0 Å². The molecule has 146 valence electrons. The molecule has 0 saturated heterocycles. The van der Waals surface area contributed by atoms with Crippen molar-refractivity contribution in [2.24, 2.45) is 0 Å². The molecule has 0 bridgehead atoms. The van der Waals surface area contributed by atoms with Gasteiger partial charge in [-0.3, -0.25) is 0 Å². The van der Waals surface area contributed by atoms with Crippen molar-refractivity contribution >= 4 is 50.2 Å². The van der Waals surface area contributed by atoms with E-state index in [1.165, 1.54) is 0 Å². The van der Waals surface area contributed by atoms with Gasteiger partial charge in [-0.25, -0.2) is 9.78 Å². The number of nitrogens with zero attached hydrogens (tertiary/aromatic N) is 2. The second kappa shape index (κ2) is 7.00. The topological polar surface area (TPSA) is 104 Å². The first-order valence-corrected chi connectivity index (χ1v) is 9.49. The summed E-state index contributed by atoms with van der Waals surface area (Å²) in [6, 6.07) is 23.2. The van der Waals surface area contributed by atoms with Gasteiger partial charge in [0, 0.05) is 5.39 Å². The molecule has 6 nitrogen and oxygen atoms in total. The molecule has 0 saturated carbocycles. The van der Waals surface area contributed by atoms with Crippen molar-refractivity contribution in [3.8, 4) is 0 Å². The van der Waals surface area contributed by atoms with E-state index >= 15 is 0 Å². The summed E-state index contributed by atoms with van der Waals surface area (Å²) < 4.78 is 5.64. The van der Waals surface area contributed by atoms with Gasteiger partial charge in [-0.05, 0) is 45.3 Å². The highest BCUT2D eigenvalue weighted by Gasteiger charge is 2.15. The van der Waals surface area contributed by atoms with Crippen molar-refractivity contribution in [1.82, 2.24) is 9.97 Å². The molecule has 0 spiro atoms. The fraction of sp³-hybridized carbons (Fsp3) is 0.0417. The molecule has 30 heavy (non-hydrogen) atoms. The summed E-state index contributed by atoms with van der Waals surface area (Å²) in [5.41, 5.74) is 13.6. The zero-order valence-corrected chi connectivity index (χ0v) is 16.0. The number of carbonyl (C=O) groups excluding carboxylic acids is 1. The van der Waals surface area contributed by atoms with Crippen LogP contribution in [0.1, 0.15) is 15.9 Å². The van der Waals surface area contributed by atoms with Crippen molar-refractivity contribution in [3.05, 3.63) is 83.9 Å². The van der Waals surface area contributed by atoms with E-state index < -0.39 is 0 Å². The highest BCUT2D eigenvalue weighted by atomic mass is 16.5. The molecule has 0 fully saturated rings. The molecule has 0 aliphatic heterocycles. The first-order chi connectivity index (χ1) is 14.6. The van der Waals surface area contributed by atoms with Gasteiger partial charge in [-0.15, -0.1) is 0 Å². The fourth-order valence-electron chi connectivity index (χ4n) is 3.76. The summed E-state index contributed by atoms with van der Waals surface area (Å²) in [4.78, 5) is 21.1.